The molecule has 2 atom stereocenters. The second-order valence-corrected chi connectivity index (χ2v) is 2.10. The minimum atomic E-state index is -0.823. The normalized spacial score (nSPS) is 12.5. The highest BCUT2D eigenvalue weighted by molar-refractivity contribution is 7.10. The first-order chi connectivity index (χ1) is 5.27. The number of rotatable bonds is 3. The summed E-state index contributed by atoms with van der Waals surface area (Å²) in [5.41, 5.74) is 0. The predicted molar refractivity (Wildman–Crippen MR) is 42.0 cm³/mol. The van der Waals surface area contributed by atoms with E-state index in [1.807, 2.05) is 9.47 Å². The Kier molecular flexibility index (Phi) is 2.63. The number of aliphatic hydroxyl groups is 1. The molecule has 0 bridgehead atoms. The summed E-state index contributed by atoms with van der Waals surface area (Å²) in [6.07, 6.45) is 0.518. The second-order valence-electron chi connectivity index (χ2n) is 1.87. The van der Waals surface area contributed by atoms with Crippen LogP contribution in [-0.2, 0) is 0 Å². The van der Waals surface area contributed by atoms with Crippen LogP contribution in [0.1, 0.15) is 11.9 Å². The molecule has 0 spiro atoms. The Morgan fingerprint density at radius 1 is 1.91 bits per heavy atom. The number of nitrogens with zero attached hydrogens (tertiary/aromatic N) is 1. The van der Waals surface area contributed by atoms with E-state index < -0.39 is 6.10 Å². The molecule has 0 aliphatic heterocycles. The number of hydrogen-bond acceptors (Lipinski definition) is 4. The van der Waals surface area contributed by atoms with Crippen LogP contribution in [0.2, 0.25) is 0 Å². The zero-order valence-corrected chi connectivity index (χ0v) is 6.88. The van der Waals surface area contributed by atoms with Gasteiger partial charge in [0.05, 0.1) is 9.47 Å². The number of aliphatic hydroxyl groups excluding tert-OH is 1. The molecule has 1 rings (SSSR count). The molecule has 1 aromatic rings. The highest BCUT2D eigenvalue weighted by Gasteiger charge is 2.09. The van der Waals surface area contributed by atoms with Crippen LogP contribution in [0.15, 0.2) is 23.2 Å². The monoisotopic (exact) mass is 173 g/mol. The van der Waals surface area contributed by atoms with Crippen molar-refractivity contribution in [2.45, 2.75) is 6.10 Å². The van der Waals surface area contributed by atoms with E-state index in [1.165, 1.54) is 12.1 Å². The molecule has 0 aromatic carbocycles. The molecule has 0 fully saturated rings. The van der Waals surface area contributed by atoms with Crippen LogP contribution < -0.4 is 4.52 Å². The van der Waals surface area contributed by atoms with Gasteiger partial charge in [-0.25, -0.2) is 0 Å². The molecular formula is C6H8NO3P. The third-order valence-electron chi connectivity index (χ3n) is 1.14. The van der Waals surface area contributed by atoms with E-state index in [0.717, 1.165) is 0 Å². The minimum Gasteiger partial charge on any atom is -0.461 e. The van der Waals surface area contributed by atoms with E-state index in [-0.39, 0.29) is 0 Å². The topological polar surface area (TPSA) is 55.5 Å². The van der Waals surface area contributed by atoms with E-state index in [2.05, 4.69) is 16.3 Å². The summed E-state index contributed by atoms with van der Waals surface area (Å²) in [4.78, 5) is 0. The summed E-state index contributed by atoms with van der Waals surface area (Å²) in [6, 6.07) is 1.49. The standard InChI is InChI=1S/C6H8NO3P/c1-2-4(8)5-3-6(10-11)7-9-5/h2-4,8H,1,11H2. The molecule has 0 radical (unpaired) electrons. The fraction of sp³-hybridized carbons (Fsp3) is 0.167. The molecule has 0 amide bonds. The number of aromatic nitrogens is 1. The van der Waals surface area contributed by atoms with Crippen LogP contribution in [0.5, 0.6) is 5.88 Å². The molecule has 1 heterocycles. The second kappa shape index (κ2) is 3.51. The summed E-state index contributed by atoms with van der Waals surface area (Å²) in [5.74, 6) is 0.628. The van der Waals surface area contributed by atoms with Gasteiger partial charge in [0.25, 0.3) is 5.88 Å². The van der Waals surface area contributed by atoms with Gasteiger partial charge >= 0.3 is 0 Å². The van der Waals surface area contributed by atoms with Gasteiger partial charge in [0.15, 0.2) is 5.76 Å². The molecule has 5 heteroatoms. The van der Waals surface area contributed by atoms with Gasteiger partial charge < -0.3 is 14.2 Å². The van der Waals surface area contributed by atoms with Crippen LogP contribution in [0.4, 0.5) is 0 Å². The van der Waals surface area contributed by atoms with Crippen LogP contribution in [-0.4, -0.2) is 10.3 Å². The average Bonchev–Trinajstić information content (AvgIpc) is 2.50. The molecule has 1 aromatic heterocycles. The minimum absolute atomic E-state index is 0.311. The summed E-state index contributed by atoms with van der Waals surface area (Å²) < 4.78 is 9.35. The number of hydrogen-bond donors (Lipinski definition) is 1. The van der Waals surface area contributed by atoms with Crippen LogP contribution in [0.3, 0.4) is 0 Å². The first-order valence-corrected chi connectivity index (χ1v) is 3.39. The van der Waals surface area contributed by atoms with Gasteiger partial charge in [0, 0.05) is 6.07 Å². The van der Waals surface area contributed by atoms with Crippen molar-refractivity contribution >= 4 is 9.47 Å². The first-order valence-electron chi connectivity index (χ1n) is 2.92. The molecule has 4 nitrogen and oxygen atoms in total. The molecule has 0 saturated heterocycles. The predicted octanol–water partition coefficient (Wildman–Crippen LogP) is 1.06. The maximum atomic E-state index is 9.12. The lowest BCUT2D eigenvalue weighted by Crippen LogP contribution is -1.87. The van der Waals surface area contributed by atoms with Crippen molar-refractivity contribution in [3.8, 4) is 5.88 Å². The molecule has 2 unspecified atom stereocenters. The van der Waals surface area contributed by atoms with Gasteiger partial charge in [0.1, 0.15) is 6.10 Å². The third kappa shape index (κ3) is 1.79. The van der Waals surface area contributed by atoms with Crippen LogP contribution in [0.25, 0.3) is 0 Å². The van der Waals surface area contributed by atoms with E-state index in [9.17, 15) is 0 Å². The average molecular weight is 173 g/mol. The Morgan fingerprint density at radius 2 is 2.64 bits per heavy atom. The van der Waals surface area contributed by atoms with Gasteiger partial charge in [0.2, 0.25) is 0 Å². The fourth-order valence-electron chi connectivity index (χ4n) is 0.583. The van der Waals surface area contributed by atoms with Gasteiger partial charge in [-0.1, -0.05) is 6.08 Å². The lowest BCUT2D eigenvalue weighted by atomic mass is 10.3. The smallest absolute Gasteiger partial charge is 0.256 e. The zero-order chi connectivity index (χ0) is 8.27. The summed E-state index contributed by atoms with van der Waals surface area (Å²) in [7, 11) is 2.02. The van der Waals surface area contributed by atoms with E-state index >= 15 is 0 Å². The molecule has 0 saturated carbocycles. The van der Waals surface area contributed by atoms with Crippen molar-refractivity contribution in [3.63, 3.8) is 0 Å². The fourth-order valence-corrected chi connectivity index (χ4v) is 0.694. The van der Waals surface area contributed by atoms with Gasteiger partial charge in [-0.2, -0.15) is 0 Å². The van der Waals surface area contributed by atoms with E-state index in [1.54, 1.807) is 0 Å². The van der Waals surface area contributed by atoms with E-state index in [0.29, 0.717) is 11.6 Å². The van der Waals surface area contributed by atoms with Crippen LogP contribution >= 0.6 is 9.47 Å². The Morgan fingerprint density at radius 3 is 3.09 bits per heavy atom. The molecule has 11 heavy (non-hydrogen) atoms. The first kappa shape index (κ1) is 8.24. The summed E-state index contributed by atoms with van der Waals surface area (Å²) >= 11 is 0. The Labute approximate surface area is 66.1 Å². The SMILES string of the molecule is C=CC(O)c1cc(OP)no1. The highest BCUT2D eigenvalue weighted by atomic mass is 31.0. The van der Waals surface area contributed by atoms with Crippen LogP contribution in [0, 0.1) is 0 Å². The third-order valence-corrected chi connectivity index (χ3v) is 1.38. The molecule has 60 valence electrons. The van der Waals surface area contributed by atoms with Crippen molar-refractivity contribution < 1.29 is 14.2 Å². The summed E-state index contributed by atoms with van der Waals surface area (Å²) in [5, 5.41) is 12.6. The summed E-state index contributed by atoms with van der Waals surface area (Å²) in [6.45, 7) is 3.39. The lowest BCUT2D eigenvalue weighted by Gasteiger charge is -1.94. The van der Waals surface area contributed by atoms with Gasteiger partial charge in [-0.05, 0) is 5.16 Å². The Hall–Kier alpha value is -0.860. The van der Waals surface area contributed by atoms with Crippen molar-refractivity contribution in [3.05, 3.63) is 24.5 Å². The van der Waals surface area contributed by atoms with Crippen molar-refractivity contribution in [2.75, 3.05) is 0 Å². The lowest BCUT2D eigenvalue weighted by molar-refractivity contribution is 0.183. The molecular weight excluding hydrogens is 165 g/mol. The Bertz CT molecular complexity index is 248. The maximum absolute atomic E-state index is 9.12. The van der Waals surface area contributed by atoms with Crippen molar-refractivity contribution in [1.29, 1.82) is 0 Å². The largest absolute Gasteiger partial charge is 0.461 e. The van der Waals surface area contributed by atoms with Gasteiger partial charge in [-0.3, -0.25) is 0 Å². The van der Waals surface area contributed by atoms with Crippen molar-refractivity contribution in [1.82, 2.24) is 5.16 Å². The Balaban J connectivity index is 2.79. The van der Waals surface area contributed by atoms with Gasteiger partial charge in [-0.15, -0.1) is 6.58 Å². The quantitative estimate of drug-likeness (QED) is 0.548. The van der Waals surface area contributed by atoms with Crippen molar-refractivity contribution in [2.24, 2.45) is 0 Å². The van der Waals surface area contributed by atoms with E-state index in [4.69, 9.17) is 9.63 Å². The molecule has 1 N–H and O–H groups in total. The molecule has 0 aliphatic rings. The maximum Gasteiger partial charge on any atom is 0.256 e. The zero-order valence-electron chi connectivity index (χ0n) is 5.73. The molecule has 0 aliphatic carbocycles. The highest BCUT2D eigenvalue weighted by Crippen LogP contribution is 2.19.